The van der Waals surface area contributed by atoms with Crippen LogP contribution in [-0.4, -0.2) is 16.2 Å². The van der Waals surface area contributed by atoms with Crippen LogP contribution in [0, 0.1) is 0 Å². The van der Waals surface area contributed by atoms with Crippen molar-refractivity contribution in [3.63, 3.8) is 0 Å². The fraction of sp³-hybridized carbons (Fsp3) is 0.300. The molecule has 1 aromatic carbocycles. The number of aromatic hydroxyl groups is 1. The smallest absolute Gasteiger partial charge is 0.311 e. The van der Waals surface area contributed by atoms with E-state index in [-0.39, 0.29) is 5.75 Å². The van der Waals surface area contributed by atoms with Crippen molar-refractivity contribution in [3.05, 3.63) is 28.2 Å². The number of hydrogen-bond donors (Lipinski definition) is 2. The summed E-state index contributed by atoms with van der Waals surface area (Å²) < 4.78 is 0.631. The first-order valence-electron chi connectivity index (χ1n) is 4.28. The van der Waals surface area contributed by atoms with E-state index in [2.05, 4.69) is 15.9 Å². The Balaban J connectivity index is 3.22. The molecule has 0 saturated carbocycles. The molecule has 0 fully saturated rings. The summed E-state index contributed by atoms with van der Waals surface area (Å²) in [4.78, 5) is 10.9. The molecular weight excluding hydrogens is 248 g/mol. The maximum atomic E-state index is 10.9. The van der Waals surface area contributed by atoms with E-state index in [9.17, 15) is 9.90 Å². The Morgan fingerprint density at radius 3 is 2.64 bits per heavy atom. The topological polar surface area (TPSA) is 57.5 Å². The van der Waals surface area contributed by atoms with E-state index in [0.717, 1.165) is 0 Å². The van der Waals surface area contributed by atoms with Gasteiger partial charge in [-0.25, -0.2) is 0 Å². The summed E-state index contributed by atoms with van der Waals surface area (Å²) >= 11 is 3.23. The Kier molecular flexibility index (Phi) is 3.52. The zero-order chi connectivity index (χ0) is 10.7. The van der Waals surface area contributed by atoms with Gasteiger partial charge >= 0.3 is 5.97 Å². The summed E-state index contributed by atoms with van der Waals surface area (Å²) in [5, 5.41) is 18.5. The fourth-order valence-electron chi connectivity index (χ4n) is 1.37. The van der Waals surface area contributed by atoms with E-state index < -0.39 is 11.9 Å². The summed E-state index contributed by atoms with van der Waals surface area (Å²) in [7, 11) is 0. The van der Waals surface area contributed by atoms with Gasteiger partial charge in [-0.05, 0) is 18.6 Å². The zero-order valence-electron chi connectivity index (χ0n) is 7.70. The summed E-state index contributed by atoms with van der Waals surface area (Å²) in [6.45, 7) is 1.78. The largest absolute Gasteiger partial charge is 0.508 e. The van der Waals surface area contributed by atoms with Crippen molar-refractivity contribution in [1.82, 2.24) is 0 Å². The van der Waals surface area contributed by atoms with Crippen LogP contribution >= 0.6 is 15.9 Å². The number of benzene rings is 1. The first-order chi connectivity index (χ1) is 6.57. The standard InChI is InChI=1S/C10H11BrO3/c1-2-6(10(13)14)9-7(11)4-3-5-8(9)12/h3-6,12H,2H2,1H3,(H,13,14). The first kappa shape index (κ1) is 11.0. The quantitative estimate of drug-likeness (QED) is 0.877. The molecule has 0 radical (unpaired) electrons. The number of carboxylic acids is 1. The molecule has 1 aromatic rings. The number of halogens is 1. The van der Waals surface area contributed by atoms with Crippen molar-refractivity contribution >= 4 is 21.9 Å². The molecular formula is C10H11BrO3. The fourth-order valence-corrected chi connectivity index (χ4v) is 2.00. The van der Waals surface area contributed by atoms with Gasteiger partial charge in [0.05, 0.1) is 5.92 Å². The highest BCUT2D eigenvalue weighted by Gasteiger charge is 2.22. The molecule has 0 amide bonds. The summed E-state index contributed by atoms with van der Waals surface area (Å²) in [6, 6.07) is 4.88. The van der Waals surface area contributed by atoms with Crippen LogP contribution in [0.2, 0.25) is 0 Å². The van der Waals surface area contributed by atoms with Gasteiger partial charge in [0.1, 0.15) is 5.75 Å². The third-order valence-electron chi connectivity index (χ3n) is 2.08. The Bertz CT molecular complexity index is 329. The molecule has 76 valence electrons. The Morgan fingerprint density at radius 2 is 2.21 bits per heavy atom. The lowest BCUT2D eigenvalue weighted by molar-refractivity contribution is -0.138. The summed E-state index contributed by atoms with van der Waals surface area (Å²) in [5.74, 6) is -1.56. The van der Waals surface area contributed by atoms with E-state index in [1.807, 2.05) is 0 Å². The number of carboxylic acid groups (broad SMARTS) is 1. The molecule has 0 heterocycles. The van der Waals surface area contributed by atoms with Gasteiger partial charge in [-0.15, -0.1) is 0 Å². The normalized spacial score (nSPS) is 12.4. The first-order valence-corrected chi connectivity index (χ1v) is 5.07. The van der Waals surface area contributed by atoms with E-state index in [1.165, 1.54) is 6.07 Å². The second-order valence-corrected chi connectivity index (χ2v) is 3.83. The molecule has 0 saturated heterocycles. The molecule has 2 N–H and O–H groups in total. The molecule has 0 spiro atoms. The van der Waals surface area contributed by atoms with Crippen molar-refractivity contribution in [2.45, 2.75) is 19.3 Å². The lowest BCUT2D eigenvalue weighted by Gasteiger charge is -2.13. The van der Waals surface area contributed by atoms with E-state index >= 15 is 0 Å². The van der Waals surface area contributed by atoms with Crippen LogP contribution in [0.15, 0.2) is 22.7 Å². The van der Waals surface area contributed by atoms with Crippen molar-refractivity contribution in [1.29, 1.82) is 0 Å². The zero-order valence-corrected chi connectivity index (χ0v) is 9.28. The van der Waals surface area contributed by atoms with Crippen LogP contribution < -0.4 is 0 Å². The number of rotatable bonds is 3. The maximum Gasteiger partial charge on any atom is 0.311 e. The van der Waals surface area contributed by atoms with Crippen LogP contribution in [-0.2, 0) is 4.79 Å². The molecule has 1 atom stereocenters. The van der Waals surface area contributed by atoms with Crippen molar-refractivity contribution in [3.8, 4) is 5.75 Å². The highest BCUT2D eigenvalue weighted by molar-refractivity contribution is 9.10. The lowest BCUT2D eigenvalue weighted by Crippen LogP contribution is -2.11. The second kappa shape index (κ2) is 4.46. The third kappa shape index (κ3) is 2.07. The number of phenolic OH excluding ortho intramolecular Hbond substituents is 1. The molecule has 0 aromatic heterocycles. The highest BCUT2D eigenvalue weighted by atomic mass is 79.9. The predicted molar refractivity (Wildman–Crippen MR) is 56.5 cm³/mol. The van der Waals surface area contributed by atoms with Crippen LogP contribution in [0.5, 0.6) is 5.75 Å². The highest BCUT2D eigenvalue weighted by Crippen LogP contribution is 2.34. The van der Waals surface area contributed by atoms with Gasteiger partial charge in [-0.3, -0.25) is 4.79 Å². The Hall–Kier alpha value is -1.03. The van der Waals surface area contributed by atoms with Crippen LogP contribution in [0.25, 0.3) is 0 Å². The second-order valence-electron chi connectivity index (χ2n) is 2.97. The number of aliphatic carboxylic acids is 1. The van der Waals surface area contributed by atoms with Gasteiger partial charge in [0, 0.05) is 10.0 Å². The minimum atomic E-state index is -0.922. The van der Waals surface area contributed by atoms with E-state index in [1.54, 1.807) is 19.1 Å². The van der Waals surface area contributed by atoms with Gasteiger partial charge in [0.25, 0.3) is 0 Å². The number of carbonyl (C=O) groups is 1. The van der Waals surface area contributed by atoms with Gasteiger partial charge in [0.15, 0.2) is 0 Å². The lowest BCUT2D eigenvalue weighted by atomic mass is 9.96. The van der Waals surface area contributed by atoms with Crippen LogP contribution in [0.1, 0.15) is 24.8 Å². The maximum absolute atomic E-state index is 10.9. The Morgan fingerprint density at radius 1 is 1.57 bits per heavy atom. The average molecular weight is 259 g/mol. The number of phenols is 1. The third-order valence-corrected chi connectivity index (χ3v) is 2.78. The van der Waals surface area contributed by atoms with Crippen molar-refractivity contribution in [2.24, 2.45) is 0 Å². The van der Waals surface area contributed by atoms with Crippen molar-refractivity contribution in [2.75, 3.05) is 0 Å². The van der Waals surface area contributed by atoms with Gasteiger partial charge in [-0.1, -0.05) is 28.9 Å². The molecule has 0 aliphatic heterocycles. The Labute approximate surface area is 90.5 Å². The van der Waals surface area contributed by atoms with Gasteiger partial charge in [0.2, 0.25) is 0 Å². The average Bonchev–Trinajstić information content (AvgIpc) is 2.10. The van der Waals surface area contributed by atoms with Gasteiger partial charge in [-0.2, -0.15) is 0 Å². The van der Waals surface area contributed by atoms with Gasteiger partial charge < -0.3 is 10.2 Å². The minimum Gasteiger partial charge on any atom is -0.508 e. The molecule has 0 bridgehead atoms. The summed E-state index contributed by atoms with van der Waals surface area (Å²) in [5.41, 5.74) is 0.447. The predicted octanol–water partition coefficient (Wildman–Crippen LogP) is 2.73. The SMILES string of the molecule is CCC(C(=O)O)c1c(O)cccc1Br. The minimum absolute atomic E-state index is 0.0219. The van der Waals surface area contributed by atoms with Crippen molar-refractivity contribution < 1.29 is 15.0 Å². The number of hydrogen-bond acceptors (Lipinski definition) is 2. The molecule has 1 unspecified atom stereocenters. The van der Waals surface area contributed by atoms with Crippen LogP contribution in [0.3, 0.4) is 0 Å². The van der Waals surface area contributed by atoms with E-state index in [0.29, 0.717) is 16.5 Å². The monoisotopic (exact) mass is 258 g/mol. The van der Waals surface area contributed by atoms with Crippen LogP contribution in [0.4, 0.5) is 0 Å². The molecule has 1 rings (SSSR count). The molecule has 14 heavy (non-hydrogen) atoms. The summed E-state index contributed by atoms with van der Waals surface area (Å²) in [6.07, 6.45) is 0.450. The molecule has 0 aliphatic carbocycles. The molecule has 3 nitrogen and oxygen atoms in total. The van der Waals surface area contributed by atoms with E-state index in [4.69, 9.17) is 5.11 Å². The molecule has 4 heteroatoms. The molecule has 0 aliphatic rings.